The molecule has 0 spiro atoms. The first-order chi connectivity index (χ1) is 10.2. The van der Waals surface area contributed by atoms with Gasteiger partial charge in [0.2, 0.25) is 12.5 Å². The van der Waals surface area contributed by atoms with Crippen LogP contribution in [0.1, 0.15) is 11.1 Å². The van der Waals surface area contributed by atoms with Crippen LogP contribution in [0.4, 0.5) is 10.1 Å². The number of rotatable bonds is 4. The number of fused-ring (bicyclic) bond motifs is 1. The molecule has 21 heavy (non-hydrogen) atoms. The normalized spacial score (nSPS) is 12.3. The minimum Gasteiger partial charge on any atom is -0.493 e. The van der Waals surface area contributed by atoms with Crippen LogP contribution in [0.3, 0.4) is 0 Å². The summed E-state index contributed by atoms with van der Waals surface area (Å²) in [5, 5.41) is 3.22. The van der Waals surface area contributed by atoms with E-state index in [2.05, 4.69) is 5.32 Å². The first kappa shape index (κ1) is 13.5. The van der Waals surface area contributed by atoms with Gasteiger partial charge in [-0.25, -0.2) is 4.39 Å². The van der Waals surface area contributed by atoms with Crippen molar-refractivity contribution in [3.63, 3.8) is 0 Å². The van der Waals surface area contributed by atoms with Crippen molar-refractivity contribution in [2.45, 2.75) is 13.5 Å². The van der Waals surface area contributed by atoms with Crippen molar-refractivity contribution < 1.29 is 18.6 Å². The number of halogens is 1. The minimum atomic E-state index is -0.219. The largest absolute Gasteiger partial charge is 0.493 e. The zero-order chi connectivity index (χ0) is 14.8. The van der Waals surface area contributed by atoms with Crippen molar-refractivity contribution in [3.8, 4) is 17.2 Å². The third kappa shape index (κ3) is 2.59. The lowest BCUT2D eigenvalue weighted by Crippen LogP contribution is -2.02. The Bertz CT molecular complexity index is 673. The average molecular weight is 289 g/mol. The summed E-state index contributed by atoms with van der Waals surface area (Å²) in [4.78, 5) is 0. The lowest BCUT2D eigenvalue weighted by molar-refractivity contribution is 0.171. The van der Waals surface area contributed by atoms with E-state index < -0.39 is 0 Å². The summed E-state index contributed by atoms with van der Waals surface area (Å²) < 4.78 is 29.5. The minimum absolute atomic E-state index is 0.200. The zero-order valence-electron chi connectivity index (χ0n) is 11.9. The van der Waals surface area contributed by atoms with Crippen molar-refractivity contribution in [3.05, 3.63) is 47.3 Å². The Labute approximate surface area is 122 Å². The molecule has 2 aromatic rings. The summed E-state index contributed by atoms with van der Waals surface area (Å²) >= 11 is 0. The van der Waals surface area contributed by atoms with Gasteiger partial charge in [-0.1, -0.05) is 6.07 Å². The SMILES string of the molecule is COc1cc(CNc2cccc(F)c2C)cc2c1OCO2. The van der Waals surface area contributed by atoms with Gasteiger partial charge in [0.05, 0.1) is 7.11 Å². The Hall–Kier alpha value is -2.43. The number of methoxy groups -OCH3 is 1. The van der Waals surface area contributed by atoms with Gasteiger partial charge in [0, 0.05) is 17.8 Å². The molecule has 0 bridgehead atoms. The molecule has 4 nitrogen and oxygen atoms in total. The first-order valence-corrected chi connectivity index (χ1v) is 6.64. The molecule has 1 aliphatic rings. The van der Waals surface area contributed by atoms with Crippen LogP contribution in [0.15, 0.2) is 30.3 Å². The van der Waals surface area contributed by atoms with Crippen LogP contribution < -0.4 is 19.5 Å². The van der Waals surface area contributed by atoms with E-state index in [4.69, 9.17) is 14.2 Å². The summed E-state index contributed by atoms with van der Waals surface area (Å²) in [6, 6.07) is 8.76. The Balaban J connectivity index is 1.81. The molecule has 5 heteroatoms. The maximum absolute atomic E-state index is 13.5. The van der Waals surface area contributed by atoms with Gasteiger partial charge in [-0.05, 0) is 36.8 Å². The number of nitrogens with one attached hydrogen (secondary N) is 1. The Morgan fingerprint density at radius 1 is 1.29 bits per heavy atom. The fraction of sp³-hybridized carbons (Fsp3) is 0.250. The Morgan fingerprint density at radius 3 is 2.95 bits per heavy atom. The molecular formula is C16H16FNO3. The van der Waals surface area contributed by atoms with Gasteiger partial charge in [-0.15, -0.1) is 0 Å². The summed E-state index contributed by atoms with van der Waals surface area (Å²) in [5.41, 5.74) is 2.34. The second-order valence-electron chi connectivity index (χ2n) is 4.80. The van der Waals surface area contributed by atoms with E-state index in [1.165, 1.54) is 6.07 Å². The van der Waals surface area contributed by atoms with E-state index in [1.807, 2.05) is 18.2 Å². The first-order valence-electron chi connectivity index (χ1n) is 6.64. The highest BCUT2D eigenvalue weighted by atomic mass is 19.1. The van der Waals surface area contributed by atoms with Crippen LogP contribution in [0.2, 0.25) is 0 Å². The predicted molar refractivity (Wildman–Crippen MR) is 77.6 cm³/mol. The van der Waals surface area contributed by atoms with Crippen molar-refractivity contribution in [2.24, 2.45) is 0 Å². The van der Waals surface area contributed by atoms with Crippen LogP contribution in [-0.4, -0.2) is 13.9 Å². The maximum Gasteiger partial charge on any atom is 0.231 e. The Morgan fingerprint density at radius 2 is 2.14 bits per heavy atom. The van der Waals surface area contributed by atoms with Crippen LogP contribution in [0.25, 0.3) is 0 Å². The summed E-state index contributed by atoms with van der Waals surface area (Å²) in [6.45, 7) is 2.49. The molecule has 0 aliphatic carbocycles. The van der Waals surface area contributed by atoms with E-state index in [9.17, 15) is 4.39 Å². The molecule has 0 fully saturated rings. The van der Waals surface area contributed by atoms with Crippen LogP contribution in [-0.2, 0) is 6.54 Å². The smallest absolute Gasteiger partial charge is 0.231 e. The number of hydrogen-bond acceptors (Lipinski definition) is 4. The highest BCUT2D eigenvalue weighted by molar-refractivity contribution is 5.56. The molecular weight excluding hydrogens is 273 g/mol. The standard InChI is InChI=1S/C16H16FNO3/c1-10-12(17)4-3-5-13(10)18-8-11-6-14(19-2)16-15(7-11)20-9-21-16/h3-7,18H,8-9H2,1-2H3. The van der Waals surface area contributed by atoms with E-state index in [1.54, 1.807) is 20.1 Å². The van der Waals surface area contributed by atoms with E-state index in [-0.39, 0.29) is 12.6 Å². The molecule has 110 valence electrons. The molecule has 0 amide bonds. The molecule has 2 aromatic carbocycles. The van der Waals surface area contributed by atoms with Gasteiger partial charge in [0.15, 0.2) is 11.5 Å². The number of ether oxygens (including phenoxy) is 3. The molecule has 1 N–H and O–H groups in total. The quantitative estimate of drug-likeness (QED) is 0.935. The fourth-order valence-electron chi connectivity index (χ4n) is 2.28. The molecule has 0 aromatic heterocycles. The molecule has 1 aliphatic heterocycles. The molecule has 0 radical (unpaired) electrons. The van der Waals surface area contributed by atoms with Gasteiger partial charge >= 0.3 is 0 Å². The van der Waals surface area contributed by atoms with Gasteiger partial charge in [0.1, 0.15) is 5.82 Å². The number of benzene rings is 2. The molecule has 0 unspecified atom stereocenters. The van der Waals surface area contributed by atoms with Crippen LogP contribution >= 0.6 is 0 Å². The van der Waals surface area contributed by atoms with Crippen molar-refractivity contribution in [2.75, 3.05) is 19.2 Å². The molecule has 0 saturated heterocycles. The molecule has 3 rings (SSSR count). The third-order valence-corrected chi connectivity index (χ3v) is 3.47. The third-order valence-electron chi connectivity index (χ3n) is 3.47. The second kappa shape index (κ2) is 5.52. The van der Waals surface area contributed by atoms with E-state index in [0.717, 1.165) is 11.3 Å². The lowest BCUT2D eigenvalue weighted by atomic mass is 10.1. The van der Waals surface area contributed by atoms with Crippen LogP contribution in [0.5, 0.6) is 17.2 Å². The second-order valence-corrected chi connectivity index (χ2v) is 4.80. The fourth-order valence-corrected chi connectivity index (χ4v) is 2.28. The highest BCUT2D eigenvalue weighted by Gasteiger charge is 2.20. The van der Waals surface area contributed by atoms with Gasteiger partial charge in [-0.2, -0.15) is 0 Å². The molecule has 0 atom stereocenters. The summed E-state index contributed by atoms with van der Waals surface area (Å²) in [7, 11) is 1.59. The van der Waals surface area contributed by atoms with Crippen molar-refractivity contribution in [1.82, 2.24) is 0 Å². The Kier molecular flexibility index (Phi) is 3.56. The lowest BCUT2D eigenvalue weighted by Gasteiger charge is -2.12. The number of hydrogen-bond donors (Lipinski definition) is 1. The number of anilines is 1. The van der Waals surface area contributed by atoms with Crippen molar-refractivity contribution in [1.29, 1.82) is 0 Å². The van der Waals surface area contributed by atoms with Crippen LogP contribution in [0, 0.1) is 12.7 Å². The van der Waals surface area contributed by atoms with Gasteiger partial charge < -0.3 is 19.5 Å². The zero-order valence-corrected chi connectivity index (χ0v) is 11.9. The van der Waals surface area contributed by atoms with E-state index in [0.29, 0.717) is 29.4 Å². The molecule has 1 heterocycles. The summed E-state index contributed by atoms with van der Waals surface area (Å²) in [6.07, 6.45) is 0. The maximum atomic E-state index is 13.5. The topological polar surface area (TPSA) is 39.7 Å². The van der Waals surface area contributed by atoms with E-state index >= 15 is 0 Å². The highest BCUT2D eigenvalue weighted by Crippen LogP contribution is 2.41. The molecule has 0 saturated carbocycles. The van der Waals surface area contributed by atoms with Gasteiger partial charge in [0.25, 0.3) is 0 Å². The van der Waals surface area contributed by atoms with Crippen molar-refractivity contribution >= 4 is 5.69 Å². The van der Waals surface area contributed by atoms with Gasteiger partial charge in [-0.3, -0.25) is 0 Å². The predicted octanol–water partition coefficient (Wildman–Crippen LogP) is 3.48. The summed E-state index contributed by atoms with van der Waals surface area (Å²) in [5.74, 6) is 1.71. The monoisotopic (exact) mass is 289 g/mol. The average Bonchev–Trinajstić information content (AvgIpc) is 2.96.